The summed E-state index contributed by atoms with van der Waals surface area (Å²) in [5.74, 6) is -0.512. The molecule has 0 radical (unpaired) electrons. The van der Waals surface area contributed by atoms with Crippen molar-refractivity contribution in [2.24, 2.45) is 0 Å². The second-order valence-electron chi connectivity index (χ2n) is 6.27. The van der Waals surface area contributed by atoms with Crippen LogP contribution in [0.4, 0.5) is 5.69 Å². The van der Waals surface area contributed by atoms with E-state index in [9.17, 15) is 14.9 Å². The minimum Gasteiger partial charge on any atom is -0.496 e. The van der Waals surface area contributed by atoms with Crippen LogP contribution >= 0.6 is 0 Å². The second kappa shape index (κ2) is 7.91. The number of hydrogen-bond acceptors (Lipinski definition) is 6. The van der Waals surface area contributed by atoms with Crippen molar-refractivity contribution in [1.29, 1.82) is 0 Å². The van der Waals surface area contributed by atoms with E-state index in [1.165, 1.54) is 25.3 Å². The van der Waals surface area contributed by atoms with Gasteiger partial charge in [0.15, 0.2) is 0 Å². The fourth-order valence-electron chi connectivity index (χ4n) is 2.82. The van der Waals surface area contributed by atoms with Gasteiger partial charge in [-0.25, -0.2) is 4.79 Å². The number of methoxy groups -OCH3 is 1. The maximum absolute atomic E-state index is 12.5. The first-order valence-corrected chi connectivity index (χ1v) is 8.52. The molecule has 1 heterocycles. The molecule has 0 fully saturated rings. The van der Waals surface area contributed by atoms with Gasteiger partial charge in [0, 0.05) is 5.69 Å². The SMILES string of the molecule is COc1ccc(OC(=O)c2cccc(Cn3nc(C)cc3C)c2)c([N+](=O)[O-])c1. The predicted octanol–water partition coefficient (Wildman–Crippen LogP) is 3.68. The lowest BCUT2D eigenvalue weighted by Gasteiger charge is -2.09. The highest BCUT2D eigenvalue weighted by atomic mass is 16.6. The number of nitrogens with zero attached hydrogens (tertiary/aromatic N) is 3. The summed E-state index contributed by atoms with van der Waals surface area (Å²) < 4.78 is 12.1. The van der Waals surface area contributed by atoms with Crippen molar-refractivity contribution in [2.75, 3.05) is 7.11 Å². The highest BCUT2D eigenvalue weighted by Gasteiger charge is 2.20. The Balaban J connectivity index is 1.82. The number of hydrogen-bond donors (Lipinski definition) is 0. The van der Waals surface area contributed by atoms with Crippen LogP contribution in [0, 0.1) is 24.0 Å². The van der Waals surface area contributed by atoms with Crippen LogP contribution in [0.25, 0.3) is 0 Å². The molecule has 8 nitrogen and oxygen atoms in total. The number of benzene rings is 2. The fraction of sp³-hybridized carbons (Fsp3) is 0.200. The van der Waals surface area contributed by atoms with Crippen molar-refractivity contribution in [3.8, 4) is 11.5 Å². The van der Waals surface area contributed by atoms with E-state index >= 15 is 0 Å². The van der Waals surface area contributed by atoms with Crippen LogP contribution in [0.15, 0.2) is 48.5 Å². The largest absolute Gasteiger partial charge is 0.496 e. The van der Waals surface area contributed by atoms with E-state index < -0.39 is 10.9 Å². The van der Waals surface area contributed by atoms with E-state index in [0.29, 0.717) is 17.9 Å². The summed E-state index contributed by atoms with van der Waals surface area (Å²) in [5, 5.41) is 15.7. The number of ether oxygens (including phenoxy) is 2. The lowest BCUT2D eigenvalue weighted by molar-refractivity contribution is -0.385. The Labute approximate surface area is 161 Å². The van der Waals surface area contributed by atoms with Crippen LogP contribution in [-0.2, 0) is 6.54 Å². The molecule has 2 aromatic carbocycles. The fourth-order valence-corrected chi connectivity index (χ4v) is 2.82. The molecule has 0 aliphatic rings. The van der Waals surface area contributed by atoms with Crippen molar-refractivity contribution in [3.63, 3.8) is 0 Å². The summed E-state index contributed by atoms with van der Waals surface area (Å²) in [6.45, 7) is 4.38. The summed E-state index contributed by atoms with van der Waals surface area (Å²) in [6, 6.07) is 12.9. The van der Waals surface area contributed by atoms with Crippen LogP contribution in [0.3, 0.4) is 0 Å². The van der Waals surface area contributed by atoms with Crippen molar-refractivity contribution in [2.45, 2.75) is 20.4 Å². The van der Waals surface area contributed by atoms with Crippen molar-refractivity contribution in [3.05, 3.63) is 81.2 Å². The Morgan fingerprint density at radius 2 is 1.96 bits per heavy atom. The number of nitro benzene ring substituents is 1. The van der Waals surface area contributed by atoms with Gasteiger partial charge in [-0.2, -0.15) is 5.10 Å². The lowest BCUT2D eigenvalue weighted by Crippen LogP contribution is -2.11. The van der Waals surface area contributed by atoms with Gasteiger partial charge in [-0.1, -0.05) is 12.1 Å². The van der Waals surface area contributed by atoms with Crippen LogP contribution in [0.1, 0.15) is 27.3 Å². The van der Waals surface area contributed by atoms with E-state index in [2.05, 4.69) is 5.10 Å². The summed E-state index contributed by atoms with van der Waals surface area (Å²) >= 11 is 0. The van der Waals surface area contributed by atoms with E-state index in [4.69, 9.17) is 9.47 Å². The van der Waals surface area contributed by atoms with E-state index in [1.807, 2.05) is 30.7 Å². The van der Waals surface area contributed by atoms with Gasteiger partial charge in [-0.05, 0) is 49.7 Å². The average molecular weight is 381 g/mol. The first kappa shape index (κ1) is 19.1. The molecule has 0 unspecified atom stereocenters. The number of esters is 1. The third kappa shape index (κ3) is 4.17. The Morgan fingerprint density at radius 1 is 1.18 bits per heavy atom. The van der Waals surface area contributed by atoms with Crippen LogP contribution in [0.2, 0.25) is 0 Å². The highest BCUT2D eigenvalue weighted by molar-refractivity contribution is 5.91. The third-order valence-corrected chi connectivity index (χ3v) is 4.16. The second-order valence-corrected chi connectivity index (χ2v) is 6.27. The molecule has 0 bridgehead atoms. The van der Waals surface area contributed by atoms with Crippen LogP contribution < -0.4 is 9.47 Å². The van der Waals surface area contributed by atoms with Gasteiger partial charge >= 0.3 is 11.7 Å². The van der Waals surface area contributed by atoms with Crippen LogP contribution in [-0.4, -0.2) is 27.8 Å². The standard InChI is InChI=1S/C20H19N3O5/c1-13-9-14(2)22(21-13)12-15-5-4-6-16(10-15)20(24)28-19-8-7-17(27-3)11-18(19)23(25)26/h4-11H,12H2,1-3H3. The third-order valence-electron chi connectivity index (χ3n) is 4.16. The van der Waals surface area contributed by atoms with Crippen molar-refractivity contribution >= 4 is 11.7 Å². The molecule has 0 aliphatic carbocycles. The molecular formula is C20H19N3O5. The van der Waals surface area contributed by atoms with Gasteiger partial charge in [-0.3, -0.25) is 14.8 Å². The maximum Gasteiger partial charge on any atom is 0.343 e. The molecule has 0 saturated heterocycles. The predicted molar refractivity (Wildman–Crippen MR) is 102 cm³/mol. The quantitative estimate of drug-likeness (QED) is 0.280. The first-order chi connectivity index (χ1) is 13.4. The number of rotatable bonds is 6. The molecule has 1 aromatic heterocycles. The number of nitro groups is 1. The smallest absolute Gasteiger partial charge is 0.343 e. The zero-order chi connectivity index (χ0) is 20.3. The molecule has 3 aromatic rings. The normalized spacial score (nSPS) is 10.5. The number of carbonyl (C=O) groups is 1. The Kier molecular flexibility index (Phi) is 5.39. The molecule has 0 atom stereocenters. The molecule has 0 aliphatic heterocycles. The highest BCUT2D eigenvalue weighted by Crippen LogP contribution is 2.31. The van der Waals surface area contributed by atoms with Crippen LogP contribution in [0.5, 0.6) is 11.5 Å². The first-order valence-electron chi connectivity index (χ1n) is 8.52. The molecule has 0 amide bonds. The van der Waals surface area contributed by atoms with E-state index in [0.717, 1.165) is 17.0 Å². The maximum atomic E-state index is 12.5. The molecule has 3 rings (SSSR count). The topological polar surface area (TPSA) is 96.5 Å². The van der Waals surface area contributed by atoms with Crippen molar-refractivity contribution in [1.82, 2.24) is 9.78 Å². The van der Waals surface area contributed by atoms with Crippen molar-refractivity contribution < 1.29 is 19.2 Å². The summed E-state index contributed by atoms with van der Waals surface area (Å²) in [4.78, 5) is 23.1. The molecule has 28 heavy (non-hydrogen) atoms. The van der Waals surface area contributed by atoms with Gasteiger partial charge in [0.05, 0.1) is 35.9 Å². The van der Waals surface area contributed by atoms with Gasteiger partial charge in [0.25, 0.3) is 0 Å². The van der Waals surface area contributed by atoms with Gasteiger partial charge in [0.1, 0.15) is 5.75 Å². The molecule has 0 spiro atoms. The Hall–Kier alpha value is -3.68. The molecule has 0 saturated carbocycles. The monoisotopic (exact) mass is 381 g/mol. The number of aryl methyl sites for hydroxylation is 2. The lowest BCUT2D eigenvalue weighted by atomic mass is 10.1. The molecule has 0 N–H and O–H groups in total. The minimum absolute atomic E-state index is 0.139. The zero-order valence-electron chi connectivity index (χ0n) is 15.7. The van der Waals surface area contributed by atoms with Gasteiger partial charge in [-0.15, -0.1) is 0 Å². The zero-order valence-corrected chi connectivity index (χ0v) is 15.7. The summed E-state index contributed by atoms with van der Waals surface area (Å²) in [5.41, 5.74) is 2.75. The Morgan fingerprint density at radius 3 is 2.61 bits per heavy atom. The summed E-state index contributed by atoms with van der Waals surface area (Å²) in [7, 11) is 1.40. The molecule has 144 valence electrons. The average Bonchev–Trinajstić information content (AvgIpc) is 2.98. The molecular weight excluding hydrogens is 362 g/mol. The Bertz CT molecular complexity index is 1040. The van der Waals surface area contributed by atoms with Gasteiger partial charge in [0.2, 0.25) is 5.75 Å². The minimum atomic E-state index is -0.677. The number of carbonyl (C=O) groups excluding carboxylic acids is 1. The summed E-state index contributed by atoms with van der Waals surface area (Å²) in [6.07, 6.45) is 0. The van der Waals surface area contributed by atoms with E-state index in [1.54, 1.807) is 18.2 Å². The van der Waals surface area contributed by atoms with Gasteiger partial charge < -0.3 is 9.47 Å². The van der Waals surface area contributed by atoms with E-state index in [-0.39, 0.29) is 11.4 Å². The molecule has 8 heteroatoms. The number of aromatic nitrogens is 2.